The van der Waals surface area contributed by atoms with Crippen molar-refractivity contribution in [2.24, 2.45) is 0 Å². The molecule has 2 atom stereocenters. The van der Waals surface area contributed by atoms with Gasteiger partial charge in [-0.25, -0.2) is 0 Å². The zero-order chi connectivity index (χ0) is 12.4. The molecule has 0 amide bonds. The first-order chi connectivity index (χ1) is 8.19. The van der Waals surface area contributed by atoms with Crippen LogP contribution in [0.4, 0.5) is 0 Å². The van der Waals surface area contributed by atoms with Crippen molar-refractivity contribution in [1.29, 1.82) is 0 Å². The molecule has 2 rings (SSSR count). The van der Waals surface area contributed by atoms with E-state index in [1.54, 1.807) is 0 Å². The Kier molecular flexibility index (Phi) is 3.84. The van der Waals surface area contributed by atoms with E-state index in [4.69, 9.17) is 9.84 Å². The van der Waals surface area contributed by atoms with E-state index in [2.05, 4.69) is 30.8 Å². The van der Waals surface area contributed by atoms with Crippen LogP contribution in [0.2, 0.25) is 0 Å². The fraction of sp³-hybridized carbons (Fsp3) is 0.769. The third kappa shape index (κ3) is 2.24. The summed E-state index contributed by atoms with van der Waals surface area (Å²) in [6.07, 6.45) is 2.17. The van der Waals surface area contributed by atoms with Crippen molar-refractivity contribution in [2.45, 2.75) is 45.7 Å². The standard InChI is InChI=1S/C13H23N3O/c1-5-12(14-4)13-9(2)15-16(10(13)3)11-6-7-17-8-11/h11-12,14H,5-8H2,1-4H3. The largest absolute Gasteiger partial charge is 0.379 e. The van der Waals surface area contributed by atoms with Gasteiger partial charge in [0.05, 0.1) is 18.3 Å². The Morgan fingerprint density at radius 1 is 1.53 bits per heavy atom. The molecule has 1 aliphatic heterocycles. The van der Waals surface area contributed by atoms with Gasteiger partial charge in [0.25, 0.3) is 0 Å². The molecule has 0 aliphatic carbocycles. The van der Waals surface area contributed by atoms with Crippen LogP contribution >= 0.6 is 0 Å². The topological polar surface area (TPSA) is 39.1 Å². The smallest absolute Gasteiger partial charge is 0.0777 e. The minimum atomic E-state index is 0.408. The van der Waals surface area contributed by atoms with Gasteiger partial charge in [0.2, 0.25) is 0 Å². The van der Waals surface area contributed by atoms with Crippen LogP contribution < -0.4 is 5.32 Å². The van der Waals surface area contributed by atoms with Gasteiger partial charge in [-0.1, -0.05) is 6.92 Å². The molecule has 1 aliphatic rings. The number of hydrogen-bond donors (Lipinski definition) is 1. The zero-order valence-corrected chi connectivity index (χ0v) is 11.3. The van der Waals surface area contributed by atoms with E-state index in [1.165, 1.54) is 11.3 Å². The van der Waals surface area contributed by atoms with Crippen molar-refractivity contribution in [1.82, 2.24) is 15.1 Å². The molecule has 0 aromatic carbocycles. The van der Waals surface area contributed by atoms with E-state index in [9.17, 15) is 0 Å². The Morgan fingerprint density at radius 3 is 2.82 bits per heavy atom. The fourth-order valence-corrected chi connectivity index (χ4v) is 2.80. The third-order valence-electron chi connectivity index (χ3n) is 3.74. The lowest BCUT2D eigenvalue weighted by atomic mass is 10.0. The minimum absolute atomic E-state index is 0.408. The van der Waals surface area contributed by atoms with Crippen molar-refractivity contribution in [3.05, 3.63) is 17.0 Å². The molecule has 1 N–H and O–H groups in total. The summed E-state index contributed by atoms with van der Waals surface area (Å²) in [5, 5.41) is 8.07. The zero-order valence-electron chi connectivity index (χ0n) is 11.3. The summed E-state index contributed by atoms with van der Waals surface area (Å²) < 4.78 is 7.62. The van der Waals surface area contributed by atoms with Crippen LogP contribution in [-0.4, -0.2) is 30.0 Å². The van der Waals surface area contributed by atoms with E-state index >= 15 is 0 Å². The van der Waals surface area contributed by atoms with Gasteiger partial charge in [0.15, 0.2) is 0 Å². The van der Waals surface area contributed by atoms with E-state index in [0.29, 0.717) is 12.1 Å². The van der Waals surface area contributed by atoms with E-state index in [1.807, 2.05) is 7.05 Å². The van der Waals surface area contributed by atoms with Gasteiger partial charge in [0, 0.05) is 23.9 Å². The highest BCUT2D eigenvalue weighted by Gasteiger charge is 2.24. The minimum Gasteiger partial charge on any atom is -0.379 e. The Labute approximate surface area is 103 Å². The summed E-state index contributed by atoms with van der Waals surface area (Å²) in [7, 11) is 2.02. The Bertz CT molecular complexity index is 376. The highest BCUT2D eigenvalue weighted by atomic mass is 16.5. The first-order valence-corrected chi connectivity index (χ1v) is 6.49. The highest BCUT2D eigenvalue weighted by Crippen LogP contribution is 2.28. The van der Waals surface area contributed by atoms with Crippen molar-refractivity contribution in [3.63, 3.8) is 0 Å². The molecule has 1 fully saturated rings. The third-order valence-corrected chi connectivity index (χ3v) is 3.74. The summed E-state index contributed by atoms with van der Waals surface area (Å²) in [4.78, 5) is 0. The molecule has 0 radical (unpaired) electrons. The molecule has 2 unspecified atom stereocenters. The molecule has 96 valence electrons. The van der Waals surface area contributed by atoms with Crippen molar-refractivity contribution < 1.29 is 4.74 Å². The normalized spacial score (nSPS) is 22.0. The summed E-state index contributed by atoms with van der Waals surface area (Å²) in [5.74, 6) is 0. The van der Waals surface area contributed by atoms with Crippen LogP contribution in [0, 0.1) is 13.8 Å². The van der Waals surface area contributed by atoms with Crippen LogP contribution in [0.5, 0.6) is 0 Å². The summed E-state index contributed by atoms with van der Waals surface area (Å²) in [6.45, 7) is 8.15. The number of aryl methyl sites for hydroxylation is 1. The lowest BCUT2D eigenvalue weighted by Gasteiger charge is -2.16. The van der Waals surface area contributed by atoms with Gasteiger partial charge in [-0.2, -0.15) is 5.10 Å². The highest BCUT2D eigenvalue weighted by molar-refractivity contribution is 5.28. The number of nitrogens with zero attached hydrogens (tertiary/aromatic N) is 2. The Morgan fingerprint density at radius 2 is 2.29 bits per heavy atom. The van der Waals surface area contributed by atoms with Crippen LogP contribution in [0.1, 0.15) is 48.8 Å². The Balaban J connectivity index is 2.33. The van der Waals surface area contributed by atoms with E-state index in [0.717, 1.165) is 31.7 Å². The number of aromatic nitrogens is 2. The Hall–Kier alpha value is -0.870. The number of nitrogens with one attached hydrogen (secondary N) is 1. The lowest BCUT2D eigenvalue weighted by molar-refractivity contribution is 0.184. The predicted octanol–water partition coefficient (Wildman–Crippen LogP) is 2.13. The molecule has 1 aromatic heterocycles. The lowest BCUT2D eigenvalue weighted by Crippen LogP contribution is -2.17. The maximum atomic E-state index is 5.45. The molecule has 0 spiro atoms. The van der Waals surface area contributed by atoms with Gasteiger partial charge in [-0.15, -0.1) is 0 Å². The second kappa shape index (κ2) is 5.19. The quantitative estimate of drug-likeness (QED) is 0.872. The monoisotopic (exact) mass is 237 g/mol. The number of ether oxygens (including phenoxy) is 1. The molecule has 2 heterocycles. The fourth-order valence-electron chi connectivity index (χ4n) is 2.80. The summed E-state index contributed by atoms with van der Waals surface area (Å²) in [5.41, 5.74) is 3.80. The van der Waals surface area contributed by atoms with Crippen LogP contribution in [0.3, 0.4) is 0 Å². The SMILES string of the molecule is CCC(NC)c1c(C)nn(C2CCOC2)c1C. The second-order valence-electron chi connectivity index (χ2n) is 4.80. The first-order valence-electron chi connectivity index (χ1n) is 6.49. The number of rotatable bonds is 4. The summed E-state index contributed by atoms with van der Waals surface area (Å²) >= 11 is 0. The van der Waals surface area contributed by atoms with E-state index < -0.39 is 0 Å². The van der Waals surface area contributed by atoms with Crippen LogP contribution in [-0.2, 0) is 4.74 Å². The molecule has 4 heteroatoms. The second-order valence-corrected chi connectivity index (χ2v) is 4.80. The molecule has 1 saturated heterocycles. The van der Waals surface area contributed by atoms with Crippen LogP contribution in [0.25, 0.3) is 0 Å². The average molecular weight is 237 g/mol. The average Bonchev–Trinajstić information content (AvgIpc) is 2.92. The number of hydrogen-bond acceptors (Lipinski definition) is 3. The van der Waals surface area contributed by atoms with Crippen molar-refractivity contribution >= 4 is 0 Å². The van der Waals surface area contributed by atoms with Crippen molar-refractivity contribution in [2.75, 3.05) is 20.3 Å². The molecule has 0 bridgehead atoms. The predicted molar refractivity (Wildman–Crippen MR) is 68.3 cm³/mol. The maximum Gasteiger partial charge on any atom is 0.0777 e. The first kappa shape index (κ1) is 12.6. The molecule has 17 heavy (non-hydrogen) atoms. The van der Waals surface area contributed by atoms with E-state index in [-0.39, 0.29) is 0 Å². The molecule has 4 nitrogen and oxygen atoms in total. The van der Waals surface area contributed by atoms with Gasteiger partial charge in [0.1, 0.15) is 0 Å². The van der Waals surface area contributed by atoms with Crippen LogP contribution in [0.15, 0.2) is 0 Å². The molecule has 0 saturated carbocycles. The maximum absolute atomic E-state index is 5.45. The summed E-state index contributed by atoms with van der Waals surface area (Å²) in [6, 6.07) is 0.836. The van der Waals surface area contributed by atoms with Crippen molar-refractivity contribution in [3.8, 4) is 0 Å². The van der Waals surface area contributed by atoms with Gasteiger partial charge >= 0.3 is 0 Å². The molecular weight excluding hydrogens is 214 g/mol. The van der Waals surface area contributed by atoms with Gasteiger partial charge in [-0.3, -0.25) is 4.68 Å². The van der Waals surface area contributed by atoms with Gasteiger partial charge in [-0.05, 0) is 33.7 Å². The molecular formula is C13H23N3O. The van der Waals surface area contributed by atoms with Gasteiger partial charge < -0.3 is 10.1 Å². The molecule has 1 aromatic rings.